The van der Waals surface area contributed by atoms with Crippen LogP contribution in [-0.4, -0.2) is 35.9 Å². The van der Waals surface area contributed by atoms with E-state index in [0.29, 0.717) is 34.5 Å². The molecule has 0 aliphatic rings. The molecule has 2 aromatic heterocycles. The molecule has 0 spiro atoms. The maximum absolute atomic E-state index is 13.0. The van der Waals surface area contributed by atoms with Gasteiger partial charge in [0.05, 0.1) is 23.5 Å². The smallest absolute Gasteiger partial charge is 0.260 e. The summed E-state index contributed by atoms with van der Waals surface area (Å²) < 4.78 is 3.26. The van der Waals surface area contributed by atoms with Crippen LogP contribution in [0, 0.1) is 20.8 Å². The Morgan fingerprint density at radius 2 is 1.87 bits per heavy atom. The van der Waals surface area contributed by atoms with Gasteiger partial charge in [0.25, 0.3) is 5.91 Å². The molecule has 1 N–H and O–H groups in total. The van der Waals surface area contributed by atoms with Crippen molar-refractivity contribution in [1.29, 1.82) is 0 Å². The van der Waals surface area contributed by atoms with Crippen molar-refractivity contribution in [1.82, 2.24) is 30.0 Å². The molecule has 30 heavy (non-hydrogen) atoms. The van der Waals surface area contributed by atoms with Gasteiger partial charge in [-0.15, -0.1) is 5.10 Å². The topological polar surface area (TPSA) is 90.5 Å². The van der Waals surface area contributed by atoms with E-state index in [4.69, 9.17) is 11.6 Å². The van der Waals surface area contributed by atoms with Crippen LogP contribution in [0.25, 0.3) is 5.69 Å². The fraction of sp³-hybridized carbons (Fsp3) is 0.190. The number of anilines is 1. The lowest BCUT2D eigenvalue weighted by Gasteiger charge is -2.10. The molecule has 0 radical (unpaired) electrons. The third-order valence-electron chi connectivity index (χ3n) is 4.79. The minimum atomic E-state index is -0.319. The Morgan fingerprint density at radius 3 is 2.57 bits per heavy atom. The summed E-state index contributed by atoms with van der Waals surface area (Å²) in [5, 5.41) is 19.3. The van der Waals surface area contributed by atoms with Gasteiger partial charge in [0.15, 0.2) is 5.82 Å². The van der Waals surface area contributed by atoms with E-state index in [-0.39, 0.29) is 5.91 Å². The highest BCUT2D eigenvalue weighted by Gasteiger charge is 2.21. The molecule has 0 atom stereocenters. The summed E-state index contributed by atoms with van der Waals surface area (Å²) in [7, 11) is 0. The lowest BCUT2D eigenvalue weighted by atomic mass is 10.1. The third-order valence-corrected chi connectivity index (χ3v) is 5.17. The van der Waals surface area contributed by atoms with E-state index >= 15 is 0 Å². The fourth-order valence-electron chi connectivity index (χ4n) is 3.24. The number of hydrogen-bond donors (Lipinski definition) is 1. The Hall–Kier alpha value is -3.52. The lowest BCUT2D eigenvalue weighted by Crippen LogP contribution is -2.14. The summed E-state index contributed by atoms with van der Waals surface area (Å²) in [5.74, 6) is 0.336. The summed E-state index contributed by atoms with van der Waals surface area (Å²) in [6.07, 6.45) is 0. The number of tetrazole rings is 1. The van der Waals surface area contributed by atoms with Crippen LogP contribution in [0.1, 0.15) is 33.0 Å². The number of rotatable bonds is 5. The molecule has 9 heteroatoms. The predicted octanol–water partition coefficient (Wildman–Crippen LogP) is 3.74. The lowest BCUT2D eigenvalue weighted by molar-refractivity contribution is 0.102. The molecule has 1 amide bonds. The SMILES string of the molecule is Cc1ccc(NC(=O)c2c(C)nn(Cc3ccccc3)c2Cl)cc1-n1nnnc1C. The molecule has 2 aromatic carbocycles. The van der Waals surface area contributed by atoms with E-state index in [9.17, 15) is 4.79 Å². The summed E-state index contributed by atoms with van der Waals surface area (Å²) in [5.41, 5.74) is 4.35. The van der Waals surface area contributed by atoms with Gasteiger partial charge in [-0.3, -0.25) is 4.79 Å². The molecule has 0 bridgehead atoms. The van der Waals surface area contributed by atoms with Gasteiger partial charge in [0, 0.05) is 5.69 Å². The Kier molecular flexibility index (Phi) is 5.33. The van der Waals surface area contributed by atoms with E-state index in [1.165, 1.54) is 0 Å². The number of halogens is 1. The molecular weight excluding hydrogens is 402 g/mol. The molecular formula is C21H20ClN7O. The van der Waals surface area contributed by atoms with E-state index in [2.05, 4.69) is 25.9 Å². The number of nitrogens with one attached hydrogen (secondary N) is 1. The van der Waals surface area contributed by atoms with Gasteiger partial charge >= 0.3 is 0 Å². The van der Waals surface area contributed by atoms with Gasteiger partial charge in [-0.2, -0.15) is 9.78 Å². The molecule has 4 aromatic rings. The Labute approximate surface area is 178 Å². The van der Waals surface area contributed by atoms with Crippen molar-refractivity contribution in [3.8, 4) is 5.69 Å². The van der Waals surface area contributed by atoms with Crippen LogP contribution in [0.5, 0.6) is 0 Å². The Bertz CT molecular complexity index is 1210. The highest BCUT2D eigenvalue weighted by molar-refractivity contribution is 6.33. The summed E-state index contributed by atoms with van der Waals surface area (Å²) in [6.45, 7) is 6.03. The minimum absolute atomic E-state index is 0.303. The zero-order chi connectivity index (χ0) is 21.3. The molecule has 4 rings (SSSR count). The zero-order valence-electron chi connectivity index (χ0n) is 16.8. The van der Waals surface area contributed by atoms with Crippen LogP contribution < -0.4 is 5.32 Å². The number of hydrogen-bond acceptors (Lipinski definition) is 5. The standard InChI is InChI=1S/C21H20ClN7O/c1-13-9-10-17(11-18(13)29-15(3)24-26-27-29)23-21(30)19-14(2)25-28(20(19)22)12-16-7-5-4-6-8-16/h4-11H,12H2,1-3H3,(H,23,30). The Balaban J connectivity index is 1.60. The maximum atomic E-state index is 13.0. The van der Waals surface area contributed by atoms with E-state index in [0.717, 1.165) is 16.8 Å². The van der Waals surface area contributed by atoms with Crippen molar-refractivity contribution in [3.05, 3.63) is 81.9 Å². The van der Waals surface area contributed by atoms with Crippen LogP contribution in [-0.2, 0) is 6.54 Å². The van der Waals surface area contributed by atoms with Gasteiger partial charge in [-0.1, -0.05) is 48.0 Å². The fourth-order valence-corrected chi connectivity index (χ4v) is 3.56. The summed E-state index contributed by atoms with van der Waals surface area (Å²) >= 11 is 6.51. The number of carbonyl (C=O) groups is 1. The van der Waals surface area contributed by atoms with E-state index in [1.807, 2.05) is 62.4 Å². The van der Waals surface area contributed by atoms with E-state index in [1.54, 1.807) is 16.3 Å². The van der Waals surface area contributed by atoms with Crippen LogP contribution in [0.15, 0.2) is 48.5 Å². The molecule has 0 unspecified atom stereocenters. The van der Waals surface area contributed by atoms with Crippen LogP contribution >= 0.6 is 11.6 Å². The van der Waals surface area contributed by atoms with Gasteiger partial charge in [0.2, 0.25) is 0 Å². The monoisotopic (exact) mass is 421 g/mol. The largest absolute Gasteiger partial charge is 0.322 e. The van der Waals surface area contributed by atoms with Crippen LogP contribution in [0.4, 0.5) is 5.69 Å². The van der Waals surface area contributed by atoms with Crippen molar-refractivity contribution in [3.63, 3.8) is 0 Å². The molecule has 0 aliphatic heterocycles. The second-order valence-corrected chi connectivity index (χ2v) is 7.35. The number of carbonyl (C=O) groups excluding carboxylic acids is 1. The van der Waals surface area contributed by atoms with Crippen LogP contribution in [0.3, 0.4) is 0 Å². The van der Waals surface area contributed by atoms with Crippen molar-refractivity contribution < 1.29 is 4.79 Å². The highest BCUT2D eigenvalue weighted by atomic mass is 35.5. The second-order valence-electron chi connectivity index (χ2n) is 6.99. The molecule has 0 saturated heterocycles. The number of benzene rings is 2. The molecule has 0 fully saturated rings. The van der Waals surface area contributed by atoms with Crippen molar-refractivity contribution in [2.24, 2.45) is 0 Å². The second kappa shape index (κ2) is 8.08. The first-order valence-electron chi connectivity index (χ1n) is 9.38. The third kappa shape index (κ3) is 3.81. The number of amides is 1. The zero-order valence-corrected chi connectivity index (χ0v) is 17.6. The first-order chi connectivity index (χ1) is 14.4. The van der Waals surface area contributed by atoms with Gasteiger partial charge in [0.1, 0.15) is 5.15 Å². The van der Waals surface area contributed by atoms with Crippen molar-refractivity contribution in [2.45, 2.75) is 27.3 Å². The normalized spacial score (nSPS) is 10.9. The quantitative estimate of drug-likeness (QED) is 0.530. The molecule has 8 nitrogen and oxygen atoms in total. The van der Waals surface area contributed by atoms with Gasteiger partial charge in [-0.05, 0) is 54.5 Å². The maximum Gasteiger partial charge on any atom is 0.260 e. The number of aryl methyl sites for hydroxylation is 3. The molecule has 0 aliphatic carbocycles. The minimum Gasteiger partial charge on any atom is -0.322 e. The predicted molar refractivity (Wildman–Crippen MR) is 114 cm³/mol. The average Bonchev–Trinajstić information content (AvgIpc) is 3.26. The first kappa shape index (κ1) is 19.8. The average molecular weight is 422 g/mol. The highest BCUT2D eigenvalue weighted by Crippen LogP contribution is 2.24. The van der Waals surface area contributed by atoms with Gasteiger partial charge < -0.3 is 5.32 Å². The Morgan fingerprint density at radius 1 is 1.10 bits per heavy atom. The van der Waals surface area contributed by atoms with E-state index < -0.39 is 0 Å². The summed E-state index contributed by atoms with van der Waals surface area (Å²) in [6, 6.07) is 15.4. The molecule has 0 saturated carbocycles. The number of nitrogens with zero attached hydrogens (tertiary/aromatic N) is 6. The molecule has 2 heterocycles. The van der Waals surface area contributed by atoms with Gasteiger partial charge in [-0.25, -0.2) is 4.68 Å². The van der Waals surface area contributed by atoms with Crippen molar-refractivity contribution >= 4 is 23.2 Å². The van der Waals surface area contributed by atoms with Crippen LogP contribution in [0.2, 0.25) is 5.15 Å². The summed E-state index contributed by atoms with van der Waals surface area (Å²) in [4.78, 5) is 13.0. The van der Waals surface area contributed by atoms with Crippen molar-refractivity contribution in [2.75, 3.05) is 5.32 Å². The first-order valence-corrected chi connectivity index (χ1v) is 9.76. The number of aromatic nitrogens is 6. The molecule has 152 valence electrons.